The molecule has 1 rings (SSSR count). The van der Waals surface area contributed by atoms with E-state index in [1.807, 2.05) is 24.3 Å². The van der Waals surface area contributed by atoms with Gasteiger partial charge in [0.15, 0.2) is 0 Å². The molecule has 0 fully saturated rings. The van der Waals surface area contributed by atoms with Gasteiger partial charge in [-0.3, -0.25) is 4.79 Å². The first kappa shape index (κ1) is 12.6. The van der Waals surface area contributed by atoms with Crippen molar-refractivity contribution in [3.63, 3.8) is 0 Å². The molecule has 0 heterocycles. The smallest absolute Gasteiger partial charge is 0.302 e. The van der Waals surface area contributed by atoms with Gasteiger partial charge in [-0.2, -0.15) is 0 Å². The predicted octanol–water partition coefficient (Wildman–Crippen LogP) is 2.44. The molecule has 0 aliphatic rings. The Kier molecular flexibility index (Phi) is 4.83. The third kappa shape index (κ3) is 4.34. The van der Waals surface area contributed by atoms with Gasteiger partial charge in [0.2, 0.25) is 0 Å². The lowest BCUT2D eigenvalue weighted by molar-refractivity contribution is -0.142. The van der Waals surface area contributed by atoms with Crippen molar-refractivity contribution in [2.75, 3.05) is 13.7 Å². The zero-order valence-electron chi connectivity index (χ0n) is 10.0. The van der Waals surface area contributed by atoms with Crippen molar-refractivity contribution in [3.8, 4) is 5.75 Å². The molecule has 0 aliphatic carbocycles. The van der Waals surface area contributed by atoms with E-state index in [-0.39, 0.29) is 5.97 Å². The highest BCUT2D eigenvalue weighted by molar-refractivity contribution is 5.65. The van der Waals surface area contributed by atoms with Gasteiger partial charge >= 0.3 is 5.97 Å². The van der Waals surface area contributed by atoms with Crippen LogP contribution in [-0.4, -0.2) is 19.7 Å². The molecule has 0 aromatic heterocycles. The molecule has 0 N–H and O–H groups in total. The summed E-state index contributed by atoms with van der Waals surface area (Å²) in [6.45, 7) is 3.97. The maximum atomic E-state index is 10.6. The normalized spacial score (nSPS) is 11.9. The van der Waals surface area contributed by atoms with E-state index in [0.717, 1.165) is 12.2 Å². The van der Waals surface area contributed by atoms with Crippen molar-refractivity contribution in [3.05, 3.63) is 29.8 Å². The zero-order valence-corrected chi connectivity index (χ0v) is 10.0. The van der Waals surface area contributed by atoms with E-state index in [4.69, 9.17) is 9.47 Å². The largest absolute Gasteiger partial charge is 0.497 e. The Bertz CT molecular complexity index is 330. The molecule has 0 saturated carbocycles. The third-order valence-electron chi connectivity index (χ3n) is 2.31. The van der Waals surface area contributed by atoms with Gasteiger partial charge in [-0.25, -0.2) is 0 Å². The molecular weight excluding hydrogens is 204 g/mol. The number of benzene rings is 1. The number of methoxy groups -OCH3 is 1. The van der Waals surface area contributed by atoms with E-state index in [0.29, 0.717) is 12.5 Å². The average molecular weight is 222 g/mol. The Balaban J connectivity index is 2.43. The van der Waals surface area contributed by atoms with Crippen molar-refractivity contribution >= 4 is 5.97 Å². The Morgan fingerprint density at radius 1 is 1.31 bits per heavy atom. The number of carbonyl (C=O) groups excluding carboxylic acids is 1. The molecule has 16 heavy (non-hydrogen) atoms. The van der Waals surface area contributed by atoms with Crippen LogP contribution in [0.15, 0.2) is 24.3 Å². The maximum Gasteiger partial charge on any atom is 0.302 e. The Hall–Kier alpha value is -1.51. The Labute approximate surface area is 96.4 Å². The van der Waals surface area contributed by atoms with E-state index in [1.165, 1.54) is 12.5 Å². The highest BCUT2D eigenvalue weighted by Crippen LogP contribution is 2.14. The minimum atomic E-state index is -0.221. The van der Waals surface area contributed by atoms with Crippen molar-refractivity contribution in [1.82, 2.24) is 0 Å². The van der Waals surface area contributed by atoms with Crippen LogP contribution in [0.5, 0.6) is 5.75 Å². The van der Waals surface area contributed by atoms with Gasteiger partial charge in [0, 0.05) is 6.92 Å². The van der Waals surface area contributed by atoms with Gasteiger partial charge in [-0.15, -0.1) is 0 Å². The maximum absolute atomic E-state index is 10.6. The van der Waals surface area contributed by atoms with Crippen LogP contribution in [0, 0.1) is 5.92 Å². The SMILES string of the molecule is COc1ccc(CC(C)COC(C)=O)cc1. The van der Waals surface area contributed by atoms with Crippen molar-refractivity contribution < 1.29 is 14.3 Å². The van der Waals surface area contributed by atoms with E-state index in [1.54, 1.807) is 7.11 Å². The summed E-state index contributed by atoms with van der Waals surface area (Å²) in [5.74, 6) is 0.968. The summed E-state index contributed by atoms with van der Waals surface area (Å²) in [6, 6.07) is 7.94. The molecule has 3 heteroatoms. The average Bonchev–Trinajstić information content (AvgIpc) is 2.27. The van der Waals surface area contributed by atoms with Crippen LogP contribution in [0.4, 0.5) is 0 Å². The molecule has 3 nitrogen and oxygen atoms in total. The molecule has 1 aromatic rings. The highest BCUT2D eigenvalue weighted by atomic mass is 16.5. The van der Waals surface area contributed by atoms with Crippen molar-refractivity contribution in [1.29, 1.82) is 0 Å². The summed E-state index contributed by atoms with van der Waals surface area (Å²) in [5.41, 5.74) is 1.22. The lowest BCUT2D eigenvalue weighted by Gasteiger charge is -2.11. The number of ether oxygens (including phenoxy) is 2. The number of hydrogen-bond acceptors (Lipinski definition) is 3. The van der Waals surface area contributed by atoms with E-state index in [9.17, 15) is 4.79 Å². The molecule has 0 amide bonds. The number of rotatable bonds is 5. The van der Waals surface area contributed by atoms with Crippen LogP contribution >= 0.6 is 0 Å². The first-order chi connectivity index (χ1) is 7.61. The van der Waals surface area contributed by atoms with Crippen LogP contribution < -0.4 is 4.74 Å². The second kappa shape index (κ2) is 6.16. The first-order valence-corrected chi connectivity index (χ1v) is 5.38. The van der Waals surface area contributed by atoms with E-state index < -0.39 is 0 Å². The molecule has 88 valence electrons. The molecule has 1 atom stereocenters. The molecule has 0 spiro atoms. The van der Waals surface area contributed by atoms with Crippen LogP contribution in [0.3, 0.4) is 0 Å². The molecule has 0 bridgehead atoms. The fraction of sp³-hybridized carbons (Fsp3) is 0.462. The topological polar surface area (TPSA) is 35.5 Å². The lowest BCUT2D eigenvalue weighted by Crippen LogP contribution is -2.11. The summed E-state index contributed by atoms with van der Waals surface area (Å²) < 4.78 is 10.0. The minimum absolute atomic E-state index is 0.221. The zero-order chi connectivity index (χ0) is 12.0. The van der Waals surface area contributed by atoms with Crippen molar-refractivity contribution in [2.24, 2.45) is 5.92 Å². The number of hydrogen-bond donors (Lipinski definition) is 0. The second-order valence-electron chi connectivity index (χ2n) is 3.96. The standard InChI is InChI=1S/C13H18O3/c1-10(9-16-11(2)14)8-12-4-6-13(15-3)7-5-12/h4-7,10H,8-9H2,1-3H3. The lowest BCUT2D eigenvalue weighted by atomic mass is 10.0. The van der Waals surface area contributed by atoms with Gasteiger partial charge in [0.25, 0.3) is 0 Å². The first-order valence-electron chi connectivity index (χ1n) is 5.38. The van der Waals surface area contributed by atoms with E-state index in [2.05, 4.69) is 6.92 Å². The number of carbonyl (C=O) groups is 1. The van der Waals surface area contributed by atoms with Gasteiger partial charge in [0.1, 0.15) is 5.75 Å². The minimum Gasteiger partial charge on any atom is -0.497 e. The fourth-order valence-corrected chi connectivity index (χ4v) is 1.48. The van der Waals surface area contributed by atoms with Gasteiger partial charge < -0.3 is 9.47 Å². The van der Waals surface area contributed by atoms with Gasteiger partial charge in [-0.1, -0.05) is 19.1 Å². The van der Waals surface area contributed by atoms with Crippen LogP contribution in [0.25, 0.3) is 0 Å². The summed E-state index contributed by atoms with van der Waals surface area (Å²) in [6.07, 6.45) is 0.900. The van der Waals surface area contributed by atoms with Gasteiger partial charge in [-0.05, 0) is 30.0 Å². The van der Waals surface area contributed by atoms with Crippen molar-refractivity contribution in [2.45, 2.75) is 20.3 Å². The van der Waals surface area contributed by atoms with Crippen LogP contribution in [0.2, 0.25) is 0 Å². The summed E-state index contributed by atoms with van der Waals surface area (Å²) >= 11 is 0. The third-order valence-corrected chi connectivity index (χ3v) is 2.31. The predicted molar refractivity (Wildman–Crippen MR) is 62.5 cm³/mol. The number of esters is 1. The highest BCUT2D eigenvalue weighted by Gasteiger charge is 2.05. The molecular formula is C13H18O3. The second-order valence-corrected chi connectivity index (χ2v) is 3.96. The van der Waals surface area contributed by atoms with Crippen LogP contribution in [0.1, 0.15) is 19.4 Å². The molecule has 0 aliphatic heterocycles. The summed E-state index contributed by atoms with van der Waals surface area (Å²) in [4.78, 5) is 10.6. The Morgan fingerprint density at radius 3 is 2.44 bits per heavy atom. The molecule has 0 radical (unpaired) electrons. The van der Waals surface area contributed by atoms with E-state index >= 15 is 0 Å². The monoisotopic (exact) mass is 222 g/mol. The van der Waals surface area contributed by atoms with Crippen LogP contribution in [-0.2, 0) is 16.0 Å². The molecule has 1 unspecified atom stereocenters. The quantitative estimate of drug-likeness (QED) is 0.718. The summed E-state index contributed by atoms with van der Waals surface area (Å²) in [7, 11) is 1.65. The molecule has 0 saturated heterocycles. The van der Waals surface area contributed by atoms with Gasteiger partial charge in [0.05, 0.1) is 13.7 Å². The molecule has 1 aromatic carbocycles. The summed E-state index contributed by atoms with van der Waals surface area (Å²) in [5, 5.41) is 0. The fourth-order valence-electron chi connectivity index (χ4n) is 1.48. The Morgan fingerprint density at radius 2 is 1.94 bits per heavy atom.